The van der Waals surface area contributed by atoms with Crippen LogP contribution in [0.2, 0.25) is 0 Å². The van der Waals surface area contributed by atoms with Crippen LogP contribution in [0.4, 0.5) is 4.39 Å². The number of hydrogen-bond acceptors (Lipinski definition) is 6. The van der Waals surface area contributed by atoms with E-state index in [1.54, 1.807) is 31.5 Å². The highest BCUT2D eigenvalue weighted by atomic mass is 19.1. The van der Waals surface area contributed by atoms with Gasteiger partial charge in [0, 0.05) is 18.9 Å². The molecule has 0 spiro atoms. The fourth-order valence-electron chi connectivity index (χ4n) is 2.11. The van der Waals surface area contributed by atoms with Crippen molar-refractivity contribution in [2.75, 3.05) is 14.2 Å². The molecule has 23 heavy (non-hydrogen) atoms. The van der Waals surface area contributed by atoms with E-state index in [1.807, 2.05) is 0 Å². The first-order valence-corrected chi connectivity index (χ1v) is 6.83. The van der Waals surface area contributed by atoms with Crippen molar-refractivity contribution in [1.29, 1.82) is 0 Å². The van der Waals surface area contributed by atoms with E-state index in [9.17, 15) is 4.39 Å². The van der Waals surface area contributed by atoms with Gasteiger partial charge in [-0.3, -0.25) is 4.98 Å². The van der Waals surface area contributed by atoms with Crippen LogP contribution in [0, 0.1) is 5.82 Å². The third kappa shape index (κ3) is 3.19. The average molecular weight is 315 g/mol. The van der Waals surface area contributed by atoms with Gasteiger partial charge in [0.2, 0.25) is 11.8 Å². The zero-order valence-electron chi connectivity index (χ0n) is 12.6. The molecule has 118 valence electrons. The fourth-order valence-corrected chi connectivity index (χ4v) is 2.11. The van der Waals surface area contributed by atoms with E-state index in [1.165, 1.54) is 19.2 Å². The number of hydrogen-bond donors (Lipinski definition) is 0. The molecule has 0 saturated heterocycles. The molecule has 0 N–H and O–H groups in total. The molecule has 7 heteroatoms. The van der Waals surface area contributed by atoms with Crippen molar-refractivity contribution in [2.45, 2.75) is 6.61 Å². The Morgan fingerprint density at radius 1 is 1.13 bits per heavy atom. The highest BCUT2D eigenvalue weighted by molar-refractivity contribution is 5.68. The smallest absolute Gasteiger partial charge is 0.249 e. The van der Waals surface area contributed by atoms with Crippen LogP contribution in [0.3, 0.4) is 0 Å². The first-order chi connectivity index (χ1) is 11.2. The number of halogens is 1. The summed E-state index contributed by atoms with van der Waals surface area (Å²) in [6.07, 6.45) is 1.59. The van der Waals surface area contributed by atoms with E-state index >= 15 is 0 Å². The molecule has 2 aromatic heterocycles. The van der Waals surface area contributed by atoms with Crippen molar-refractivity contribution < 1.29 is 18.3 Å². The summed E-state index contributed by atoms with van der Waals surface area (Å²) in [5, 5.41) is 7.80. The lowest BCUT2D eigenvalue weighted by molar-refractivity contribution is 0.160. The maximum atomic E-state index is 13.5. The van der Waals surface area contributed by atoms with Crippen LogP contribution >= 0.6 is 0 Å². The van der Waals surface area contributed by atoms with Crippen LogP contribution in [0.5, 0.6) is 5.75 Å². The van der Waals surface area contributed by atoms with Gasteiger partial charge < -0.3 is 13.9 Å². The molecule has 0 atom stereocenters. The van der Waals surface area contributed by atoms with Crippen LogP contribution in [-0.2, 0) is 11.3 Å². The van der Waals surface area contributed by atoms with E-state index in [-0.39, 0.29) is 12.4 Å². The Bertz CT molecular complexity index is 803. The number of pyridine rings is 1. The quantitative estimate of drug-likeness (QED) is 0.720. The van der Waals surface area contributed by atoms with E-state index in [0.29, 0.717) is 34.4 Å². The molecule has 3 aromatic rings. The Hall–Kier alpha value is -2.80. The van der Waals surface area contributed by atoms with Gasteiger partial charge in [-0.15, -0.1) is 10.2 Å². The number of benzene rings is 1. The molecule has 2 heterocycles. The maximum absolute atomic E-state index is 13.5. The molecule has 0 saturated carbocycles. The fraction of sp³-hybridized carbons (Fsp3) is 0.188. The molecule has 0 aliphatic heterocycles. The highest BCUT2D eigenvalue weighted by Gasteiger charge is 2.12. The van der Waals surface area contributed by atoms with E-state index in [4.69, 9.17) is 13.9 Å². The molecule has 0 radical (unpaired) electrons. The van der Waals surface area contributed by atoms with Crippen LogP contribution < -0.4 is 4.74 Å². The van der Waals surface area contributed by atoms with Crippen LogP contribution in [0.1, 0.15) is 5.89 Å². The molecule has 6 nitrogen and oxygen atoms in total. The van der Waals surface area contributed by atoms with Crippen molar-refractivity contribution in [3.05, 3.63) is 48.2 Å². The Labute approximate surface area is 131 Å². The predicted molar refractivity (Wildman–Crippen MR) is 80.2 cm³/mol. The predicted octanol–water partition coefficient (Wildman–Crippen LogP) is 3.09. The summed E-state index contributed by atoms with van der Waals surface area (Å²) in [6.45, 7) is 0.249. The lowest BCUT2D eigenvalue weighted by Gasteiger charge is -2.08. The van der Waals surface area contributed by atoms with Gasteiger partial charge in [-0.1, -0.05) is 0 Å². The van der Waals surface area contributed by atoms with Gasteiger partial charge >= 0.3 is 0 Å². The Balaban J connectivity index is 1.91. The molecular weight excluding hydrogens is 301 g/mol. The second-order valence-electron chi connectivity index (χ2n) is 4.71. The van der Waals surface area contributed by atoms with Gasteiger partial charge in [-0.2, -0.15) is 0 Å². The van der Waals surface area contributed by atoms with Gasteiger partial charge in [0.25, 0.3) is 0 Å². The van der Waals surface area contributed by atoms with Gasteiger partial charge in [-0.05, 0) is 30.3 Å². The van der Waals surface area contributed by atoms with Crippen LogP contribution in [-0.4, -0.2) is 29.4 Å². The first-order valence-electron chi connectivity index (χ1n) is 6.83. The zero-order valence-corrected chi connectivity index (χ0v) is 12.6. The molecule has 3 rings (SSSR count). The number of nitrogens with zero attached hydrogens (tertiary/aromatic N) is 3. The molecule has 0 unspecified atom stereocenters. The number of rotatable bonds is 5. The van der Waals surface area contributed by atoms with Crippen molar-refractivity contribution in [2.24, 2.45) is 0 Å². The number of methoxy groups -OCH3 is 2. The second kappa shape index (κ2) is 6.53. The molecular formula is C16H14FN3O3. The average Bonchev–Trinajstić information content (AvgIpc) is 3.04. The zero-order chi connectivity index (χ0) is 16.2. The van der Waals surface area contributed by atoms with Crippen molar-refractivity contribution in [3.8, 4) is 28.5 Å². The molecule has 1 aromatic carbocycles. The normalized spacial score (nSPS) is 10.7. The summed E-state index contributed by atoms with van der Waals surface area (Å²) in [5.41, 5.74) is 1.82. The monoisotopic (exact) mass is 315 g/mol. The molecule has 0 amide bonds. The minimum absolute atomic E-state index is 0.249. The lowest BCUT2D eigenvalue weighted by atomic mass is 10.1. The van der Waals surface area contributed by atoms with Gasteiger partial charge in [0.05, 0.1) is 18.4 Å². The summed E-state index contributed by atoms with van der Waals surface area (Å²) in [6, 6.07) is 7.80. The second-order valence-corrected chi connectivity index (χ2v) is 4.71. The van der Waals surface area contributed by atoms with Crippen molar-refractivity contribution in [1.82, 2.24) is 15.2 Å². The Morgan fingerprint density at radius 2 is 2.00 bits per heavy atom. The minimum atomic E-state index is -0.354. The van der Waals surface area contributed by atoms with Crippen molar-refractivity contribution >= 4 is 0 Å². The SMILES string of the molecule is COCc1nnc(-c2ccc(-c3cc(F)ccc3OC)nc2)o1. The molecule has 0 bridgehead atoms. The summed E-state index contributed by atoms with van der Waals surface area (Å²) in [5.74, 6) is 0.931. The minimum Gasteiger partial charge on any atom is -0.496 e. The number of ether oxygens (including phenoxy) is 2. The molecule has 0 aliphatic carbocycles. The summed E-state index contributed by atoms with van der Waals surface area (Å²) < 4.78 is 29.1. The Kier molecular flexibility index (Phi) is 4.29. The van der Waals surface area contributed by atoms with E-state index in [2.05, 4.69) is 15.2 Å². The van der Waals surface area contributed by atoms with E-state index in [0.717, 1.165) is 0 Å². The first kappa shape index (κ1) is 15.1. The summed E-state index contributed by atoms with van der Waals surface area (Å²) >= 11 is 0. The molecule has 0 fully saturated rings. The van der Waals surface area contributed by atoms with Crippen LogP contribution in [0.15, 0.2) is 40.9 Å². The Morgan fingerprint density at radius 3 is 2.70 bits per heavy atom. The van der Waals surface area contributed by atoms with Crippen LogP contribution in [0.25, 0.3) is 22.7 Å². The van der Waals surface area contributed by atoms with Gasteiger partial charge in [0.15, 0.2) is 0 Å². The standard InChI is InChI=1S/C16H14FN3O3/c1-21-9-15-19-20-16(23-15)10-3-5-13(18-8-10)12-7-11(17)4-6-14(12)22-2/h3-8H,9H2,1-2H3. The summed E-state index contributed by atoms with van der Waals surface area (Å²) in [4.78, 5) is 4.32. The van der Waals surface area contributed by atoms with E-state index < -0.39 is 0 Å². The molecule has 0 aliphatic rings. The maximum Gasteiger partial charge on any atom is 0.249 e. The summed E-state index contributed by atoms with van der Waals surface area (Å²) in [7, 11) is 3.08. The largest absolute Gasteiger partial charge is 0.496 e. The third-order valence-electron chi connectivity index (χ3n) is 3.18. The highest BCUT2D eigenvalue weighted by Crippen LogP contribution is 2.30. The number of aromatic nitrogens is 3. The third-order valence-corrected chi connectivity index (χ3v) is 3.18. The van der Waals surface area contributed by atoms with Crippen molar-refractivity contribution in [3.63, 3.8) is 0 Å². The lowest BCUT2D eigenvalue weighted by Crippen LogP contribution is -1.91. The topological polar surface area (TPSA) is 70.3 Å². The van der Waals surface area contributed by atoms with Gasteiger partial charge in [0.1, 0.15) is 18.2 Å². The van der Waals surface area contributed by atoms with Gasteiger partial charge in [-0.25, -0.2) is 4.39 Å².